The maximum absolute atomic E-state index is 13.2. The Balaban J connectivity index is 1.42. The first-order valence-electron chi connectivity index (χ1n) is 10.6. The molecule has 1 aromatic heterocycles. The van der Waals surface area contributed by atoms with E-state index in [1.54, 1.807) is 22.3 Å². The van der Waals surface area contributed by atoms with Crippen LogP contribution in [0.3, 0.4) is 0 Å². The first-order valence-corrected chi connectivity index (χ1v) is 12.1. The predicted octanol–water partition coefficient (Wildman–Crippen LogP) is 5.85. The SMILES string of the molecule is C[C@@H](OP(=O)(N1CC1)N1CC1)c1cc2cc(Oc3cccc(OC(F)(F)F)c3)c([N+](=O)[O-])cc2o1. The third-order valence-electron chi connectivity index (χ3n) is 5.34. The van der Waals surface area contributed by atoms with Crippen LogP contribution in [0.2, 0.25) is 0 Å². The largest absolute Gasteiger partial charge is 0.573 e. The van der Waals surface area contributed by atoms with E-state index in [1.165, 1.54) is 18.2 Å². The molecule has 3 aromatic rings. The van der Waals surface area contributed by atoms with Gasteiger partial charge in [-0.25, -0.2) is 9.34 Å². The number of benzene rings is 2. The Kier molecular flexibility index (Phi) is 5.75. The van der Waals surface area contributed by atoms with E-state index in [2.05, 4.69) is 4.74 Å². The minimum Gasteiger partial charge on any atom is -0.458 e. The first kappa shape index (κ1) is 23.6. The van der Waals surface area contributed by atoms with Gasteiger partial charge in [0.15, 0.2) is 0 Å². The fraction of sp³-hybridized carbons (Fsp3) is 0.333. The van der Waals surface area contributed by atoms with Crippen molar-refractivity contribution in [2.45, 2.75) is 19.4 Å². The van der Waals surface area contributed by atoms with Gasteiger partial charge < -0.3 is 13.9 Å². The first-order chi connectivity index (χ1) is 16.5. The van der Waals surface area contributed by atoms with Crippen LogP contribution >= 0.6 is 7.67 Å². The molecule has 0 amide bonds. The van der Waals surface area contributed by atoms with E-state index in [9.17, 15) is 27.9 Å². The van der Waals surface area contributed by atoms with Crippen LogP contribution in [0, 0.1) is 10.1 Å². The number of fused-ring (bicyclic) bond motifs is 1. The molecule has 2 aliphatic heterocycles. The summed E-state index contributed by atoms with van der Waals surface area (Å²) in [6.45, 7) is 4.41. The van der Waals surface area contributed by atoms with Crippen molar-refractivity contribution in [3.63, 3.8) is 0 Å². The topological polar surface area (TPSA) is 107 Å². The molecule has 1 atom stereocenters. The fourth-order valence-corrected chi connectivity index (χ4v) is 5.86. The van der Waals surface area contributed by atoms with Gasteiger partial charge in [0.2, 0.25) is 5.75 Å². The van der Waals surface area contributed by atoms with Crippen molar-refractivity contribution >= 4 is 24.3 Å². The van der Waals surface area contributed by atoms with Gasteiger partial charge in [-0.05, 0) is 31.2 Å². The van der Waals surface area contributed by atoms with Gasteiger partial charge in [0, 0.05) is 37.6 Å². The number of alkyl halides is 3. The number of nitro benzene ring substituents is 1. The van der Waals surface area contributed by atoms with Crippen molar-refractivity contribution in [1.82, 2.24) is 9.34 Å². The van der Waals surface area contributed by atoms with E-state index in [0.29, 0.717) is 37.3 Å². The molecule has 0 aliphatic carbocycles. The molecule has 0 unspecified atom stereocenters. The number of nitro groups is 1. The molecule has 14 heteroatoms. The Hall–Kier alpha value is -3.12. The minimum absolute atomic E-state index is 0.0903. The summed E-state index contributed by atoms with van der Waals surface area (Å²) in [4.78, 5) is 10.9. The van der Waals surface area contributed by atoms with Crippen LogP contribution in [0.1, 0.15) is 18.8 Å². The zero-order valence-electron chi connectivity index (χ0n) is 18.2. The van der Waals surface area contributed by atoms with E-state index < -0.39 is 36.5 Å². The third-order valence-corrected chi connectivity index (χ3v) is 8.16. The number of hydrogen-bond acceptors (Lipinski definition) is 7. The van der Waals surface area contributed by atoms with E-state index in [0.717, 1.165) is 18.2 Å². The lowest BCUT2D eigenvalue weighted by atomic mass is 10.2. The average Bonchev–Trinajstić information content (AvgIpc) is 3.67. The molecule has 0 saturated carbocycles. The molecule has 5 rings (SSSR count). The number of halogens is 3. The Morgan fingerprint density at radius 2 is 1.74 bits per heavy atom. The van der Waals surface area contributed by atoms with E-state index >= 15 is 0 Å². The Morgan fingerprint density at radius 3 is 2.34 bits per heavy atom. The van der Waals surface area contributed by atoms with Crippen LogP contribution in [-0.2, 0) is 9.09 Å². The van der Waals surface area contributed by atoms with Crippen LogP contribution in [-0.4, -0.2) is 46.8 Å². The van der Waals surface area contributed by atoms with Crippen molar-refractivity contribution in [2.24, 2.45) is 0 Å². The van der Waals surface area contributed by atoms with Gasteiger partial charge in [0.1, 0.15) is 28.9 Å². The minimum atomic E-state index is -4.90. The van der Waals surface area contributed by atoms with E-state index in [-0.39, 0.29) is 17.1 Å². The quantitative estimate of drug-likeness (QED) is 0.151. The molecule has 2 aliphatic rings. The highest BCUT2D eigenvalue weighted by Crippen LogP contribution is 2.63. The normalized spacial score (nSPS) is 17.4. The summed E-state index contributed by atoms with van der Waals surface area (Å²) < 4.78 is 75.4. The van der Waals surface area contributed by atoms with E-state index in [4.69, 9.17) is 13.7 Å². The van der Waals surface area contributed by atoms with Crippen LogP contribution in [0.25, 0.3) is 11.0 Å². The lowest BCUT2D eigenvalue weighted by Gasteiger charge is -2.22. The summed E-state index contributed by atoms with van der Waals surface area (Å²) in [6.07, 6.45) is -5.60. The smallest absolute Gasteiger partial charge is 0.458 e. The number of hydrogen-bond donors (Lipinski definition) is 0. The van der Waals surface area contributed by atoms with Crippen LogP contribution in [0.15, 0.2) is 46.9 Å². The average molecular weight is 513 g/mol. The number of furan rings is 1. The highest BCUT2D eigenvalue weighted by atomic mass is 31.2. The standard InChI is InChI=1S/C21H19F3N3O7P/c1-13(34-35(30,25-5-6-25)26-7-8-26)18-9-14-10-20(17(27(28)29)12-19(14)32-18)31-15-3-2-4-16(11-15)33-21(22,23)24/h2-4,9-13H,5-8H2,1H3/t13-/m1/s1. The summed E-state index contributed by atoms with van der Waals surface area (Å²) in [5, 5.41) is 12.1. The Morgan fingerprint density at radius 1 is 1.09 bits per heavy atom. The van der Waals surface area contributed by atoms with Gasteiger partial charge in [-0.2, -0.15) is 0 Å². The van der Waals surface area contributed by atoms with Gasteiger partial charge in [0.05, 0.1) is 11.0 Å². The molecular formula is C21H19F3N3O7P. The van der Waals surface area contributed by atoms with Gasteiger partial charge in [-0.15, -0.1) is 13.2 Å². The maximum Gasteiger partial charge on any atom is 0.573 e. The zero-order chi connectivity index (χ0) is 25.0. The Bertz CT molecular complexity index is 1320. The molecule has 10 nitrogen and oxygen atoms in total. The fourth-order valence-electron chi connectivity index (χ4n) is 3.53. The van der Waals surface area contributed by atoms with Crippen LogP contribution in [0.5, 0.6) is 17.2 Å². The van der Waals surface area contributed by atoms with Gasteiger partial charge >= 0.3 is 19.7 Å². The maximum atomic E-state index is 13.2. The molecular weight excluding hydrogens is 494 g/mol. The lowest BCUT2D eigenvalue weighted by Crippen LogP contribution is -2.17. The third kappa shape index (κ3) is 5.13. The number of ether oxygens (including phenoxy) is 2. The molecule has 0 radical (unpaired) electrons. The van der Waals surface area contributed by atoms with Crippen LogP contribution < -0.4 is 9.47 Å². The van der Waals surface area contributed by atoms with E-state index in [1.807, 2.05) is 0 Å². The molecule has 0 N–H and O–H groups in total. The van der Waals surface area contributed by atoms with Crippen molar-refractivity contribution in [1.29, 1.82) is 0 Å². The van der Waals surface area contributed by atoms with Crippen molar-refractivity contribution < 1.29 is 41.1 Å². The van der Waals surface area contributed by atoms with Gasteiger partial charge in [-0.3, -0.25) is 19.2 Å². The number of nitrogens with zero attached hydrogens (tertiary/aromatic N) is 3. The summed E-state index contributed by atoms with van der Waals surface area (Å²) in [6, 6.07) is 8.75. The van der Waals surface area contributed by atoms with Crippen molar-refractivity contribution in [2.75, 3.05) is 26.2 Å². The predicted molar refractivity (Wildman–Crippen MR) is 116 cm³/mol. The summed E-state index contributed by atoms with van der Waals surface area (Å²) >= 11 is 0. The summed E-state index contributed by atoms with van der Waals surface area (Å²) in [5.41, 5.74) is -0.273. The second-order valence-electron chi connectivity index (χ2n) is 8.03. The molecule has 3 heterocycles. The number of rotatable bonds is 9. The highest BCUT2D eigenvalue weighted by Gasteiger charge is 2.50. The molecule has 186 valence electrons. The molecule has 0 spiro atoms. The van der Waals surface area contributed by atoms with Crippen molar-refractivity contribution in [3.8, 4) is 17.2 Å². The molecule has 2 saturated heterocycles. The lowest BCUT2D eigenvalue weighted by molar-refractivity contribution is -0.385. The van der Waals surface area contributed by atoms with Crippen LogP contribution in [0.4, 0.5) is 18.9 Å². The summed E-state index contributed by atoms with van der Waals surface area (Å²) in [7, 11) is -3.12. The monoisotopic (exact) mass is 513 g/mol. The molecule has 2 fully saturated rings. The molecule has 2 aromatic carbocycles. The highest BCUT2D eigenvalue weighted by molar-refractivity contribution is 7.54. The Labute approximate surface area is 196 Å². The molecule has 0 bridgehead atoms. The zero-order valence-corrected chi connectivity index (χ0v) is 19.1. The van der Waals surface area contributed by atoms with Gasteiger partial charge in [-0.1, -0.05) is 6.07 Å². The van der Waals surface area contributed by atoms with Gasteiger partial charge in [0.25, 0.3) is 0 Å². The van der Waals surface area contributed by atoms with Crippen molar-refractivity contribution in [3.05, 3.63) is 58.3 Å². The second kappa shape index (κ2) is 8.52. The summed E-state index contributed by atoms with van der Waals surface area (Å²) in [5.74, 6) is -0.507. The molecule has 35 heavy (non-hydrogen) atoms. The second-order valence-corrected chi connectivity index (χ2v) is 10.4.